The van der Waals surface area contributed by atoms with Crippen molar-refractivity contribution in [3.63, 3.8) is 0 Å². The van der Waals surface area contributed by atoms with Crippen LogP contribution in [0.15, 0.2) is 42.2 Å². The summed E-state index contributed by atoms with van der Waals surface area (Å²) < 4.78 is 11.2. The molecule has 5 heteroatoms. The topological polar surface area (TPSA) is 60.2 Å². The van der Waals surface area contributed by atoms with E-state index < -0.39 is 0 Å². The molecule has 0 spiro atoms. The zero-order valence-electron chi connectivity index (χ0n) is 16.3. The first-order valence-electron chi connectivity index (χ1n) is 9.82. The summed E-state index contributed by atoms with van der Waals surface area (Å²) in [5, 5.41) is 10.4. The highest BCUT2D eigenvalue weighted by Gasteiger charge is 2.33. The van der Waals surface area contributed by atoms with Crippen molar-refractivity contribution in [2.24, 2.45) is 5.92 Å². The lowest BCUT2D eigenvalue weighted by atomic mass is 9.98. The molecule has 2 heterocycles. The van der Waals surface area contributed by atoms with Gasteiger partial charge in [-0.25, -0.2) is 0 Å². The third-order valence-electron chi connectivity index (χ3n) is 5.72. The Hall–Kier alpha value is -2.79. The molecule has 0 saturated carbocycles. The maximum atomic E-state index is 12.8. The minimum absolute atomic E-state index is 0.152. The number of phenols is 1. The van der Waals surface area contributed by atoms with Crippen molar-refractivity contribution in [2.75, 3.05) is 20.2 Å². The van der Waals surface area contributed by atoms with Crippen LogP contribution in [0.3, 0.4) is 0 Å². The molecule has 0 unspecified atom stereocenters. The Morgan fingerprint density at radius 2 is 2.04 bits per heavy atom. The molecule has 0 atom stereocenters. The fraction of sp³-hybridized carbons (Fsp3) is 0.348. The Morgan fingerprint density at radius 1 is 1.25 bits per heavy atom. The standard InChI is InChI=1S/C23H25NO4/c1-15-8-10-24(11-9-15)14-19-20(25)7-6-18-22(26)21(28-23(18)19)13-16-4-3-5-17(12-16)27-2/h3-7,12-13,15,25H,8-11,14H2,1-2H3/p+1/b21-13-. The molecule has 0 radical (unpaired) electrons. The number of rotatable bonds is 4. The molecule has 146 valence electrons. The minimum atomic E-state index is -0.152. The fourth-order valence-corrected chi connectivity index (χ4v) is 3.95. The first-order valence-corrected chi connectivity index (χ1v) is 9.82. The molecule has 0 aliphatic carbocycles. The Kier molecular flexibility index (Phi) is 5.09. The normalized spacial score (nSPS) is 22.8. The van der Waals surface area contributed by atoms with Gasteiger partial charge in [0.1, 0.15) is 18.0 Å². The van der Waals surface area contributed by atoms with Crippen molar-refractivity contribution in [3.8, 4) is 17.2 Å². The minimum Gasteiger partial charge on any atom is -0.507 e. The highest BCUT2D eigenvalue weighted by atomic mass is 16.5. The van der Waals surface area contributed by atoms with Crippen LogP contribution in [0.25, 0.3) is 6.08 Å². The molecule has 1 saturated heterocycles. The molecule has 0 bridgehead atoms. The van der Waals surface area contributed by atoms with Gasteiger partial charge < -0.3 is 19.5 Å². The monoisotopic (exact) mass is 380 g/mol. The van der Waals surface area contributed by atoms with Crippen LogP contribution in [-0.2, 0) is 6.54 Å². The molecular weight excluding hydrogens is 354 g/mol. The average molecular weight is 380 g/mol. The van der Waals surface area contributed by atoms with Crippen LogP contribution in [0.1, 0.15) is 41.3 Å². The van der Waals surface area contributed by atoms with Crippen LogP contribution in [-0.4, -0.2) is 31.1 Å². The summed E-state index contributed by atoms with van der Waals surface area (Å²) in [7, 11) is 1.61. The summed E-state index contributed by atoms with van der Waals surface area (Å²) in [5.74, 6) is 2.30. The van der Waals surface area contributed by atoms with E-state index in [1.54, 1.807) is 25.3 Å². The third-order valence-corrected chi connectivity index (χ3v) is 5.72. The molecule has 4 rings (SSSR count). The maximum Gasteiger partial charge on any atom is 0.231 e. The largest absolute Gasteiger partial charge is 0.507 e. The molecule has 5 nitrogen and oxygen atoms in total. The number of carbonyl (C=O) groups excluding carboxylic acids is 1. The first kappa shape index (κ1) is 18.6. The quantitative estimate of drug-likeness (QED) is 0.801. The number of piperidine rings is 1. The number of ether oxygens (including phenoxy) is 2. The molecule has 0 aromatic heterocycles. The Balaban J connectivity index is 1.62. The van der Waals surface area contributed by atoms with E-state index in [1.165, 1.54) is 17.7 Å². The van der Waals surface area contributed by atoms with Gasteiger partial charge in [0.15, 0.2) is 11.5 Å². The predicted molar refractivity (Wildman–Crippen MR) is 107 cm³/mol. The van der Waals surface area contributed by atoms with Crippen LogP contribution in [0.5, 0.6) is 17.2 Å². The number of likely N-dealkylation sites (tertiary alicyclic amines) is 1. The molecule has 28 heavy (non-hydrogen) atoms. The zero-order valence-corrected chi connectivity index (χ0v) is 16.3. The number of phenolic OH excluding ortho intramolecular Hbond substituents is 1. The van der Waals surface area contributed by atoms with E-state index in [0.29, 0.717) is 17.9 Å². The maximum absolute atomic E-state index is 12.8. The Morgan fingerprint density at radius 3 is 2.79 bits per heavy atom. The molecule has 2 aromatic carbocycles. The summed E-state index contributed by atoms with van der Waals surface area (Å²) in [5.41, 5.74) is 2.08. The van der Waals surface area contributed by atoms with Gasteiger partial charge in [-0.3, -0.25) is 4.79 Å². The lowest BCUT2D eigenvalue weighted by molar-refractivity contribution is -0.919. The van der Waals surface area contributed by atoms with E-state index >= 15 is 0 Å². The summed E-state index contributed by atoms with van der Waals surface area (Å²) in [6, 6.07) is 10.7. The third kappa shape index (κ3) is 3.62. The number of benzene rings is 2. The van der Waals surface area contributed by atoms with Crippen LogP contribution < -0.4 is 14.4 Å². The number of hydrogen-bond acceptors (Lipinski definition) is 4. The molecule has 1 fully saturated rings. The van der Waals surface area contributed by atoms with Crippen molar-refractivity contribution < 1.29 is 24.3 Å². The number of Topliss-reactive ketones (excluding diaryl/α,β-unsaturated/α-hetero) is 1. The number of ketones is 1. The first-order chi connectivity index (χ1) is 13.5. The zero-order chi connectivity index (χ0) is 19.7. The number of allylic oxidation sites excluding steroid dienone is 1. The number of fused-ring (bicyclic) bond motifs is 1. The molecule has 0 amide bonds. The number of methoxy groups -OCH3 is 1. The van der Waals surface area contributed by atoms with E-state index in [-0.39, 0.29) is 17.3 Å². The number of carbonyl (C=O) groups is 1. The predicted octanol–water partition coefficient (Wildman–Crippen LogP) is 2.83. The second kappa shape index (κ2) is 7.68. The highest BCUT2D eigenvalue weighted by molar-refractivity contribution is 6.15. The van der Waals surface area contributed by atoms with Crippen LogP contribution in [0.4, 0.5) is 0 Å². The van der Waals surface area contributed by atoms with Crippen LogP contribution in [0, 0.1) is 5.92 Å². The van der Waals surface area contributed by atoms with Gasteiger partial charge in [-0.15, -0.1) is 0 Å². The number of aromatic hydroxyl groups is 1. The number of hydrogen-bond donors (Lipinski definition) is 2. The van der Waals surface area contributed by atoms with Gasteiger partial charge in [0, 0.05) is 0 Å². The summed E-state index contributed by atoms with van der Waals surface area (Å²) in [4.78, 5) is 14.3. The van der Waals surface area contributed by atoms with E-state index in [2.05, 4.69) is 6.92 Å². The second-order valence-corrected chi connectivity index (χ2v) is 7.77. The summed E-state index contributed by atoms with van der Waals surface area (Å²) in [6.07, 6.45) is 4.10. The fourth-order valence-electron chi connectivity index (χ4n) is 3.95. The lowest BCUT2D eigenvalue weighted by Crippen LogP contribution is -3.11. The van der Waals surface area contributed by atoms with Crippen molar-refractivity contribution in [1.82, 2.24) is 0 Å². The SMILES string of the molecule is COc1cccc(/C=C2\Oc3c(ccc(O)c3C[NH+]3CCC(C)CC3)C2=O)c1. The van der Waals surface area contributed by atoms with Gasteiger partial charge in [0.2, 0.25) is 5.78 Å². The van der Waals surface area contributed by atoms with Gasteiger partial charge in [-0.1, -0.05) is 19.1 Å². The van der Waals surface area contributed by atoms with Crippen LogP contribution in [0.2, 0.25) is 0 Å². The van der Waals surface area contributed by atoms with Gasteiger partial charge in [-0.05, 0) is 54.7 Å². The molecular formula is C23H26NO4+. The van der Waals surface area contributed by atoms with Gasteiger partial charge in [0.05, 0.1) is 31.3 Å². The molecule has 2 N–H and O–H groups in total. The molecule has 2 aliphatic rings. The van der Waals surface area contributed by atoms with E-state index in [0.717, 1.165) is 35.9 Å². The van der Waals surface area contributed by atoms with Crippen molar-refractivity contribution in [1.29, 1.82) is 0 Å². The van der Waals surface area contributed by atoms with E-state index in [9.17, 15) is 9.90 Å². The van der Waals surface area contributed by atoms with E-state index in [4.69, 9.17) is 9.47 Å². The number of quaternary nitrogens is 1. The van der Waals surface area contributed by atoms with Crippen molar-refractivity contribution in [2.45, 2.75) is 26.3 Å². The second-order valence-electron chi connectivity index (χ2n) is 7.77. The smallest absolute Gasteiger partial charge is 0.231 e. The Bertz CT molecular complexity index is 926. The van der Waals surface area contributed by atoms with Gasteiger partial charge in [-0.2, -0.15) is 0 Å². The summed E-state index contributed by atoms with van der Waals surface area (Å²) >= 11 is 0. The average Bonchev–Trinajstić information content (AvgIpc) is 3.01. The number of nitrogens with one attached hydrogen (secondary N) is 1. The molecule has 2 aromatic rings. The highest BCUT2D eigenvalue weighted by Crippen LogP contribution is 2.39. The van der Waals surface area contributed by atoms with Gasteiger partial charge >= 0.3 is 0 Å². The van der Waals surface area contributed by atoms with Crippen LogP contribution >= 0.6 is 0 Å². The Labute approximate surface area is 165 Å². The molecule has 2 aliphatic heterocycles. The van der Waals surface area contributed by atoms with Crippen molar-refractivity contribution >= 4 is 11.9 Å². The van der Waals surface area contributed by atoms with Crippen molar-refractivity contribution in [3.05, 3.63) is 58.8 Å². The van der Waals surface area contributed by atoms with E-state index in [1.807, 2.05) is 24.3 Å². The summed E-state index contributed by atoms with van der Waals surface area (Å²) in [6.45, 7) is 5.10. The lowest BCUT2D eigenvalue weighted by Gasteiger charge is -2.27. The van der Waals surface area contributed by atoms with Gasteiger partial charge in [0.25, 0.3) is 0 Å².